The maximum atomic E-state index is 11.0. The smallest absolute Gasteiger partial charge is 0.270 e. The second-order valence-corrected chi connectivity index (χ2v) is 4.05. The first-order valence-electron chi connectivity index (χ1n) is 4.00. The molecule has 0 radical (unpaired) electrons. The van der Waals surface area contributed by atoms with Crippen molar-refractivity contribution in [3.8, 4) is 0 Å². The third kappa shape index (κ3) is 1.93. The minimum absolute atomic E-state index is 0.116. The number of nitrogens with zero attached hydrogens (tertiary/aromatic N) is 2. The first-order valence-corrected chi connectivity index (χ1v) is 5.17. The molecule has 0 aliphatic rings. The topological polar surface area (TPSA) is 68.9 Å². The van der Waals surface area contributed by atoms with Gasteiger partial charge in [-0.1, -0.05) is 11.6 Å². The number of carbonyl (C=O) groups excluding carboxylic acids is 1. The monoisotopic (exact) mass is 285 g/mol. The Morgan fingerprint density at radius 3 is 2.73 bits per heavy atom. The van der Waals surface area contributed by atoms with Crippen molar-refractivity contribution in [3.63, 3.8) is 0 Å². The lowest BCUT2D eigenvalue weighted by molar-refractivity contribution is 0.0994. The van der Waals surface area contributed by atoms with E-state index in [0.717, 1.165) is 0 Å². The zero-order chi connectivity index (χ0) is 11.0. The van der Waals surface area contributed by atoms with Crippen LogP contribution >= 0.6 is 27.5 Å². The minimum atomic E-state index is -0.619. The number of primary amides is 1. The van der Waals surface area contributed by atoms with Gasteiger partial charge in [0.2, 0.25) is 0 Å². The van der Waals surface area contributed by atoms with Crippen molar-refractivity contribution in [1.29, 1.82) is 0 Å². The standard InChI is InChI=1S/C9H5BrClN3O/c10-8-7(9(12)15)13-5-2-1-4(11)3-6(5)14-8/h1-3H,(H2,12,15). The van der Waals surface area contributed by atoms with E-state index in [1.807, 2.05) is 0 Å². The fourth-order valence-electron chi connectivity index (χ4n) is 1.16. The van der Waals surface area contributed by atoms with Crippen LogP contribution in [0.1, 0.15) is 10.5 Å². The summed E-state index contributed by atoms with van der Waals surface area (Å²) in [4.78, 5) is 19.2. The van der Waals surface area contributed by atoms with Crippen LogP contribution in [-0.2, 0) is 0 Å². The largest absolute Gasteiger partial charge is 0.364 e. The summed E-state index contributed by atoms with van der Waals surface area (Å²) in [6.45, 7) is 0. The molecule has 76 valence electrons. The van der Waals surface area contributed by atoms with Gasteiger partial charge in [-0.15, -0.1) is 0 Å². The number of aromatic nitrogens is 2. The number of hydrogen-bond donors (Lipinski definition) is 1. The summed E-state index contributed by atoms with van der Waals surface area (Å²) in [6, 6.07) is 5.03. The predicted molar refractivity (Wildman–Crippen MR) is 60.8 cm³/mol. The van der Waals surface area contributed by atoms with Gasteiger partial charge < -0.3 is 5.73 Å². The molecule has 0 aliphatic carbocycles. The molecule has 1 amide bonds. The number of benzene rings is 1. The highest BCUT2D eigenvalue weighted by atomic mass is 79.9. The molecule has 2 aromatic rings. The Balaban J connectivity index is 2.76. The molecule has 1 aromatic carbocycles. The van der Waals surface area contributed by atoms with Crippen LogP contribution in [0.15, 0.2) is 22.8 Å². The van der Waals surface area contributed by atoms with E-state index in [4.69, 9.17) is 17.3 Å². The number of rotatable bonds is 1. The van der Waals surface area contributed by atoms with Crippen molar-refractivity contribution in [3.05, 3.63) is 33.5 Å². The molecule has 0 atom stereocenters. The molecule has 0 saturated carbocycles. The number of fused-ring (bicyclic) bond motifs is 1. The lowest BCUT2D eigenvalue weighted by Crippen LogP contribution is -2.14. The Hall–Kier alpha value is -1.20. The number of halogens is 2. The van der Waals surface area contributed by atoms with Gasteiger partial charge in [0.15, 0.2) is 5.69 Å². The van der Waals surface area contributed by atoms with Crippen LogP contribution in [-0.4, -0.2) is 15.9 Å². The maximum Gasteiger partial charge on any atom is 0.270 e. The Morgan fingerprint density at radius 1 is 1.33 bits per heavy atom. The molecule has 1 aromatic heterocycles. The normalized spacial score (nSPS) is 10.5. The number of hydrogen-bond acceptors (Lipinski definition) is 3. The number of carbonyl (C=O) groups is 1. The van der Waals surface area contributed by atoms with E-state index in [1.54, 1.807) is 18.2 Å². The molecule has 2 rings (SSSR count). The van der Waals surface area contributed by atoms with Crippen LogP contribution < -0.4 is 5.73 Å². The molecule has 0 spiro atoms. The van der Waals surface area contributed by atoms with E-state index in [0.29, 0.717) is 20.7 Å². The number of amides is 1. The summed E-state index contributed by atoms with van der Waals surface area (Å²) < 4.78 is 0.324. The van der Waals surface area contributed by atoms with Crippen molar-refractivity contribution in [2.75, 3.05) is 0 Å². The summed E-state index contributed by atoms with van der Waals surface area (Å²) in [5, 5.41) is 0.565. The first kappa shape index (κ1) is 10.3. The van der Waals surface area contributed by atoms with Gasteiger partial charge in [0.05, 0.1) is 11.0 Å². The van der Waals surface area contributed by atoms with Crippen molar-refractivity contribution in [1.82, 2.24) is 9.97 Å². The van der Waals surface area contributed by atoms with Gasteiger partial charge >= 0.3 is 0 Å². The number of nitrogens with two attached hydrogens (primary N) is 1. The van der Waals surface area contributed by atoms with Gasteiger partial charge in [-0.25, -0.2) is 9.97 Å². The summed E-state index contributed by atoms with van der Waals surface area (Å²) >= 11 is 8.92. The van der Waals surface area contributed by atoms with Gasteiger partial charge in [-0.05, 0) is 34.1 Å². The van der Waals surface area contributed by atoms with Gasteiger partial charge in [0, 0.05) is 5.02 Å². The molecule has 0 aliphatic heterocycles. The van der Waals surface area contributed by atoms with Crippen LogP contribution in [0, 0.1) is 0 Å². The van der Waals surface area contributed by atoms with Gasteiger partial charge in [0.1, 0.15) is 4.60 Å². The highest BCUT2D eigenvalue weighted by molar-refractivity contribution is 9.10. The molecule has 15 heavy (non-hydrogen) atoms. The zero-order valence-corrected chi connectivity index (χ0v) is 9.71. The highest BCUT2D eigenvalue weighted by Crippen LogP contribution is 2.20. The summed E-state index contributed by atoms with van der Waals surface area (Å²) in [6.07, 6.45) is 0. The van der Waals surface area contributed by atoms with E-state index in [-0.39, 0.29) is 5.69 Å². The van der Waals surface area contributed by atoms with E-state index >= 15 is 0 Å². The van der Waals surface area contributed by atoms with Crippen molar-refractivity contribution in [2.24, 2.45) is 5.73 Å². The van der Waals surface area contributed by atoms with Crippen molar-refractivity contribution < 1.29 is 4.79 Å². The van der Waals surface area contributed by atoms with Crippen LogP contribution in [0.25, 0.3) is 11.0 Å². The molecule has 0 saturated heterocycles. The molecule has 0 unspecified atom stereocenters. The predicted octanol–water partition coefficient (Wildman–Crippen LogP) is 2.14. The Bertz CT molecular complexity index is 558. The Labute approximate surface area is 98.6 Å². The summed E-state index contributed by atoms with van der Waals surface area (Å²) in [7, 11) is 0. The fourth-order valence-corrected chi connectivity index (χ4v) is 1.80. The van der Waals surface area contributed by atoms with Crippen molar-refractivity contribution in [2.45, 2.75) is 0 Å². The second kappa shape index (κ2) is 3.75. The lowest BCUT2D eigenvalue weighted by Gasteiger charge is -2.01. The zero-order valence-electron chi connectivity index (χ0n) is 7.37. The lowest BCUT2D eigenvalue weighted by atomic mass is 10.3. The molecular formula is C9H5BrClN3O. The molecular weight excluding hydrogens is 281 g/mol. The molecule has 6 heteroatoms. The first-order chi connectivity index (χ1) is 7.08. The molecule has 1 heterocycles. The van der Waals surface area contributed by atoms with Crippen LogP contribution in [0.5, 0.6) is 0 Å². The van der Waals surface area contributed by atoms with Crippen LogP contribution in [0.4, 0.5) is 0 Å². The molecule has 0 fully saturated rings. The fraction of sp³-hybridized carbons (Fsp3) is 0. The SMILES string of the molecule is NC(=O)c1nc2ccc(Cl)cc2nc1Br. The molecule has 2 N–H and O–H groups in total. The van der Waals surface area contributed by atoms with Gasteiger partial charge in [0.25, 0.3) is 5.91 Å². The molecule has 0 bridgehead atoms. The highest BCUT2D eigenvalue weighted by Gasteiger charge is 2.11. The van der Waals surface area contributed by atoms with Crippen molar-refractivity contribution >= 4 is 44.5 Å². The second-order valence-electron chi connectivity index (χ2n) is 2.86. The van der Waals surface area contributed by atoms with E-state index in [9.17, 15) is 4.79 Å². The average molecular weight is 287 g/mol. The van der Waals surface area contributed by atoms with Gasteiger partial charge in [-0.2, -0.15) is 0 Å². The van der Waals surface area contributed by atoms with E-state index in [2.05, 4.69) is 25.9 Å². The summed E-state index contributed by atoms with van der Waals surface area (Å²) in [5.74, 6) is -0.619. The summed E-state index contributed by atoms with van der Waals surface area (Å²) in [5.41, 5.74) is 6.44. The van der Waals surface area contributed by atoms with E-state index in [1.165, 1.54) is 0 Å². The van der Waals surface area contributed by atoms with Gasteiger partial charge in [-0.3, -0.25) is 4.79 Å². The van der Waals surface area contributed by atoms with E-state index < -0.39 is 5.91 Å². The molecule has 4 nitrogen and oxygen atoms in total. The van der Waals surface area contributed by atoms with Crippen LogP contribution in [0.3, 0.4) is 0 Å². The third-order valence-electron chi connectivity index (χ3n) is 1.82. The quantitative estimate of drug-likeness (QED) is 0.873. The Morgan fingerprint density at radius 2 is 2.07 bits per heavy atom. The van der Waals surface area contributed by atoms with Crippen LogP contribution in [0.2, 0.25) is 5.02 Å². The maximum absolute atomic E-state index is 11.0. The minimum Gasteiger partial charge on any atom is -0.364 e. The average Bonchev–Trinajstić information content (AvgIpc) is 2.15. The third-order valence-corrected chi connectivity index (χ3v) is 2.61. The Kier molecular flexibility index (Phi) is 2.58.